The third-order valence-electron chi connectivity index (χ3n) is 3.90. The molecule has 0 bridgehead atoms. The van der Waals surface area contributed by atoms with Crippen molar-refractivity contribution in [2.24, 2.45) is 0 Å². The van der Waals surface area contributed by atoms with E-state index in [2.05, 4.69) is 5.32 Å². The number of nitrogens with one attached hydrogen (secondary N) is 1. The maximum atomic E-state index is 12.2. The monoisotopic (exact) mass is 342 g/mol. The van der Waals surface area contributed by atoms with Gasteiger partial charge in [-0.3, -0.25) is 19.3 Å². The van der Waals surface area contributed by atoms with Gasteiger partial charge in [-0.15, -0.1) is 0 Å². The van der Waals surface area contributed by atoms with E-state index in [1.165, 1.54) is 0 Å². The van der Waals surface area contributed by atoms with Crippen LogP contribution in [0.15, 0.2) is 42.5 Å². The van der Waals surface area contributed by atoms with Crippen molar-refractivity contribution in [3.63, 3.8) is 0 Å². The molecule has 24 heavy (non-hydrogen) atoms. The van der Waals surface area contributed by atoms with E-state index in [1.807, 2.05) is 13.0 Å². The van der Waals surface area contributed by atoms with Gasteiger partial charge in [0, 0.05) is 23.7 Å². The van der Waals surface area contributed by atoms with Crippen LogP contribution < -0.4 is 5.32 Å². The number of carbonyl (C=O) groups excluding carboxylic acids is 3. The maximum Gasteiger partial charge on any atom is 0.261 e. The fourth-order valence-electron chi connectivity index (χ4n) is 2.55. The van der Waals surface area contributed by atoms with Crippen LogP contribution in [0.1, 0.15) is 32.7 Å². The molecule has 0 atom stereocenters. The Morgan fingerprint density at radius 3 is 2.29 bits per heavy atom. The number of anilines is 1. The minimum absolute atomic E-state index is 0.0248. The largest absolute Gasteiger partial charge is 0.326 e. The van der Waals surface area contributed by atoms with Crippen LogP contribution in [0.5, 0.6) is 0 Å². The van der Waals surface area contributed by atoms with E-state index in [9.17, 15) is 14.4 Å². The average molecular weight is 343 g/mol. The molecule has 0 saturated carbocycles. The van der Waals surface area contributed by atoms with Gasteiger partial charge in [-0.1, -0.05) is 29.8 Å². The number of aryl methyl sites for hydroxylation is 1. The Morgan fingerprint density at radius 2 is 1.71 bits per heavy atom. The summed E-state index contributed by atoms with van der Waals surface area (Å²) in [5.74, 6) is -1.00. The van der Waals surface area contributed by atoms with Crippen LogP contribution in [0.3, 0.4) is 0 Å². The number of hydrogen-bond acceptors (Lipinski definition) is 3. The maximum absolute atomic E-state index is 12.2. The molecule has 2 aromatic rings. The molecule has 0 saturated heterocycles. The van der Waals surface area contributed by atoms with Crippen LogP contribution in [-0.2, 0) is 4.79 Å². The molecule has 1 N–H and O–H groups in total. The molecular formula is C18H15ClN2O3. The standard InChI is InChI=1S/C18H15ClN2O3/c1-11-6-7-12(10-15(11)19)20-16(22)8-9-21-17(23)13-4-2-3-5-14(13)18(21)24/h2-7,10H,8-9H2,1H3,(H,20,22). The van der Waals surface area contributed by atoms with Crippen molar-refractivity contribution in [1.29, 1.82) is 0 Å². The smallest absolute Gasteiger partial charge is 0.261 e. The van der Waals surface area contributed by atoms with Crippen LogP contribution in [0, 0.1) is 6.92 Å². The van der Waals surface area contributed by atoms with Crippen molar-refractivity contribution >= 4 is 35.0 Å². The Hall–Kier alpha value is -2.66. The number of nitrogens with zero attached hydrogens (tertiary/aromatic N) is 1. The minimum atomic E-state index is -0.359. The van der Waals surface area contributed by atoms with Crippen molar-refractivity contribution in [1.82, 2.24) is 4.90 Å². The second-order valence-corrected chi connectivity index (χ2v) is 5.98. The SMILES string of the molecule is Cc1ccc(NC(=O)CCN2C(=O)c3ccccc3C2=O)cc1Cl. The molecule has 2 aromatic carbocycles. The molecule has 1 aliphatic rings. The molecule has 5 nitrogen and oxygen atoms in total. The molecule has 0 fully saturated rings. The van der Waals surface area contributed by atoms with E-state index in [0.717, 1.165) is 10.5 Å². The first-order chi connectivity index (χ1) is 11.5. The van der Waals surface area contributed by atoms with Crippen molar-refractivity contribution in [3.8, 4) is 0 Å². The summed E-state index contributed by atoms with van der Waals surface area (Å²) in [6.07, 6.45) is 0.0248. The molecule has 0 spiro atoms. The predicted octanol–water partition coefficient (Wildman–Crippen LogP) is 3.27. The van der Waals surface area contributed by atoms with Gasteiger partial charge < -0.3 is 5.32 Å². The van der Waals surface area contributed by atoms with Gasteiger partial charge in [0.15, 0.2) is 0 Å². The van der Waals surface area contributed by atoms with E-state index in [1.54, 1.807) is 36.4 Å². The summed E-state index contributed by atoms with van der Waals surface area (Å²) in [7, 11) is 0. The molecule has 1 aliphatic heterocycles. The second-order valence-electron chi connectivity index (χ2n) is 5.57. The quantitative estimate of drug-likeness (QED) is 0.867. The lowest BCUT2D eigenvalue weighted by molar-refractivity contribution is -0.116. The first-order valence-electron chi connectivity index (χ1n) is 7.48. The van der Waals surface area contributed by atoms with E-state index >= 15 is 0 Å². The topological polar surface area (TPSA) is 66.5 Å². The summed E-state index contributed by atoms with van der Waals surface area (Å²) in [6, 6.07) is 11.9. The highest BCUT2D eigenvalue weighted by Gasteiger charge is 2.34. The van der Waals surface area contributed by atoms with E-state index in [-0.39, 0.29) is 30.7 Å². The summed E-state index contributed by atoms with van der Waals surface area (Å²) < 4.78 is 0. The van der Waals surface area contributed by atoms with Crippen molar-refractivity contribution < 1.29 is 14.4 Å². The van der Waals surface area contributed by atoms with E-state index in [4.69, 9.17) is 11.6 Å². The van der Waals surface area contributed by atoms with Crippen LogP contribution in [0.25, 0.3) is 0 Å². The van der Waals surface area contributed by atoms with Gasteiger partial charge in [-0.05, 0) is 36.8 Å². The highest BCUT2D eigenvalue weighted by atomic mass is 35.5. The number of amides is 3. The van der Waals surface area contributed by atoms with Crippen molar-refractivity contribution in [2.75, 3.05) is 11.9 Å². The van der Waals surface area contributed by atoms with Gasteiger partial charge in [0.2, 0.25) is 5.91 Å². The first-order valence-corrected chi connectivity index (χ1v) is 7.86. The fourth-order valence-corrected chi connectivity index (χ4v) is 2.73. The van der Waals surface area contributed by atoms with Gasteiger partial charge in [0.25, 0.3) is 11.8 Å². The average Bonchev–Trinajstić information content (AvgIpc) is 2.81. The third kappa shape index (κ3) is 3.03. The van der Waals surface area contributed by atoms with Crippen molar-refractivity contribution in [3.05, 3.63) is 64.2 Å². The van der Waals surface area contributed by atoms with Crippen molar-refractivity contribution in [2.45, 2.75) is 13.3 Å². The van der Waals surface area contributed by atoms with Gasteiger partial charge in [0.05, 0.1) is 11.1 Å². The van der Waals surface area contributed by atoms with Gasteiger partial charge in [-0.2, -0.15) is 0 Å². The first kappa shape index (κ1) is 16.2. The van der Waals surface area contributed by atoms with Crippen LogP contribution in [0.2, 0.25) is 5.02 Å². The molecule has 1 heterocycles. The lowest BCUT2D eigenvalue weighted by Crippen LogP contribution is -2.32. The fraction of sp³-hybridized carbons (Fsp3) is 0.167. The molecule has 122 valence electrons. The number of benzene rings is 2. The number of rotatable bonds is 4. The zero-order chi connectivity index (χ0) is 17.3. The third-order valence-corrected chi connectivity index (χ3v) is 4.30. The number of hydrogen-bond donors (Lipinski definition) is 1. The summed E-state index contributed by atoms with van der Waals surface area (Å²) in [5, 5.41) is 3.28. The molecular weight excluding hydrogens is 328 g/mol. The lowest BCUT2D eigenvalue weighted by atomic mass is 10.1. The summed E-state index contributed by atoms with van der Waals surface area (Å²) in [4.78, 5) is 37.6. The minimum Gasteiger partial charge on any atom is -0.326 e. The molecule has 0 aliphatic carbocycles. The molecule has 6 heteroatoms. The van der Waals surface area contributed by atoms with E-state index in [0.29, 0.717) is 21.8 Å². The number of fused-ring (bicyclic) bond motifs is 1. The Labute approximate surface area is 144 Å². The molecule has 0 aromatic heterocycles. The lowest BCUT2D eigenvalue weighted by Gasteiger charge is -2.13. The highest BCUT2D eigenvalue weighted by molar-refractivity contribution is 6.31. The number of carbonyl (C=O) groups is 3. The Balaban J connectivity index is 1.62. The highest BCUT2D eigenvalue weighted by Crippen LogP contribution is 2.23. The summed E-state index contributed by atoms with van der Waals surface area (Å²) in [6.45, 7) is 1.91. The predicted molar refractivity (Wildman–Crippen MR) is 91.2 cm³/mol. The normalized spacial score (nSPS) is 13.2. The van der Waals surface area contributed by atoms with Gasteiger partial charge in [-0.25, -0.2) is 0 Å². The molecule has 3 amide bonds. The Kier molecular flexibility index (Phi) is 4.36. The zero-order valence-electron chi connectivity index (χ0n) is 13.0. The Morgan fingerprint density at radius 1 is 1.08 bits per heavy atom. The number of halogens is 1. The van der Waals surface area contributed by atoms with Crippen LogP contribution in [0.4, 0.5) is 5.69 Å². The summed E-state index contributed by atoms with van der Waals surface area (Å²) in [5.41, 5.74) is 2.26. The zero-order valence-corrected chi connectivity index (χ0v) is 13.8. The number of imide groups is 1. The Bertz CT molecular complexity index is 813. The molecule has 0 unspecified atom stereocenters. The van der Waals surface area contributed by atoms with Gasteiger partial charge in [0.1, 0.15) is 0 Å². The second kappa shape index (κ2) is 6.45. The van der Waals surface area contributed by atoms with Gasteiger partial charge >= 0.3 is 0 Å². The molecule has 3 rings (SSSR count). The van der Waals surface area contributed by atoms with E-state index < -0.39 is 0 Å². The van der Waals surface area contributed by atoms with Crippen LogP contribution in [-0.4, -0.2) is 29.2 Å². The molecule has 0 radical (unpaired) electrons. The summed E-state index contributed by atoms with van der Waals surface area (Å²) >= 11 is 6.02. The van der Waals surface area contributed by atoms with Crippen LogP contribution >= 0.6 is 11.6 Å².